The van der Waals surface area contributed by atoms with Crippen LogP contribution in [0.1, 0.15) is 24.0 Å². The van der Waals surface area contributed by atoms with Gasteiger partial charge in [-0.1, -0.05) is 12.1 Å². The molecule has 2 aromatic rings. The van der Waals surface area contributed by atoms with E-state index in [9.17, 15) is 0 Å². The Kier molecular flexibility index (Phi) is 15.2. The fourth-order valence-corrected chi connectivity index (χ4v) is 1.83. The van der Waals surface area contributed by atoms with Crippen molar-refractivity contribution in [1.29, 1.82) is 10.5 Å². The molecule has 0 spiro atoms. The SMILES string of the molecule is N#Cc1cccc(O)c1.N#Cc1cccc(O)c1.[C-]1=CC=CC1.[C-]1=CC=CC1.[Zr+2]. The molecule has 0 amide bonds. The third-order valence-electron chi connectivity index (χ3n) is 3.12. The summed E-state index contributed by atoms with van der Waals surface area (Å²) >= 11 is 0. The molecule has 4 rings (SSSR count). The monoisotopic (exact) mass is 458 g/mol. The number of allylic oxidation sites excluding steroid dienone is 8. The molecule has 0 atom stereocenters. The summed E-state index contributed by atoms with van der Waals surface area (Å²) in [5, 5.41) is 34.2. The van der Waals surface area contributed by atoms with E-state index in [2.05, 4.69) is 24.3 Å². The van der Waals surface area contributed by atoms with Crippen LogP contribution in [-0.4, -0.2) is 10.2 Å². The molecule has 4 nitrogen and oxygen atoms in total. The van der Waals surface area contributed by atoms with Crippen LogP contribution < -0.4 is 0 Å². The number of phenolic OH excluding ortho intramolecular Hbond substituents is 2. The third-order valence-corrected chi connectivity index (χ3v) is 3.12. The topological polar surface area (TPSA) is 88.0 Å². The molecule has 2 N–H and O–H groups in total. The summed E-state index contributed by atoms with van der Waals surface area (Å²) in [4.78, 5) is 0. The van der Waals surface area contributed by atoms with Gasteiger partial charge in [-0.15, -0.1) is 12.8 Å². The zero-order valence-corrected chi connectivity index (χ0v) is 18.2. The molecule has 2 aromatic carbocycles. The van der Waals surface area contributed by atoms with Crippen LogP contribution in [0.5, 0.6) is 11.5 Å². The van der Waals surface area contributed by atoms with Gasteiger partial charge in [-0.25, -0.2) is 24.3 Å². The van der Waals surface area contributed by atoms with Crippen LogP contribution >= 0.6 is 0 Å². The van der Waals surface area contributed by atoms with E-state index >= 15 is 0 Å². The van der Waals surface area contributed by atoms with Gasteiger partial charge in [0.05, 0.1) is 23.3 Å². The van der Waals surface area contributed by atoms with Crippen LogP contribution in [0.15, 0.2) is 85.0 Å². The number of hydrogen-bond donors (Lipinski definition) is 2. The Labute approximate surface area is 191 Å². The van der Waals surface area contributed by atoms with Gasteiger partial charge in [0.2, 0.25) is 0 Å². The van der Waals surface area contributed by atoms with E-state index in [1.54, 1.807) is 24.3 Å². The van der Waals surface area contributed by atoms with Gasteiger partial charge in [0, 0.05) is 0 Å². The van der Waals surface area contributed by atoms with Gasteiger partial charge in [-0.05, 0) is 36.4 Å². The van der Waals surface area contributed by atoms with E-state index in [1.807, 2.05) is 36.4 Å². The largest absolute Gasteiger partial charge is 2.00 e. The van der Waals surface area contributed by atoms with Gasteiger partial charge in [0.1, 0.15) is 11.5 Å². The molecule has 29 heavy (non-hydrogen) atoms. The van der Waals surface area contributed by atoms with Crippen molar-refractivity contribution in [2.45, 2.75) is 12.8 Å². The quantitative estimate of drug-likeness (QED) is 0.534. The molecule has 0 saturated heterocycles. The molecule has 0 aliphatic heterocycles. The van der Waals surface area contributed by atoms with Crippen molar-refractivity contribution in [3.8, 4) is 23.6 Å². The summed E-state index contributed by atoms with van der Waals surface area (Å²) in [6.45, 7) is 0. The van der Waals surface area contributed by atoms with Gasteiger partial charge in [-0.3, -0.25) is 12.2 Å². The molecule has 2 aliphatic rings. The third kappa shape index (κ3) is 13.6. The number of nitrogens with zero attached hydrogens (tertiary/aromatic N) is 2. The minimum atomic E-state index is 0. The van der Waals surface area contributed by atoms with E-state index in [0.29, 0.717) is 11.1 Å². The molecule has 2 aliphatic carbocycles. The van der Waals surface area contributed by atoms with Crippen LogP contribution in [0.3, 0.4) is 0 Å². The number of nitriles is 2. The summed E-state index contributed by atoms with van der Waals surface area (Å²) < 4.78 is 0. The summed E-state index contributed by atoms with van der Waals surface area (Å²) in [6, 6.07) is 16.2. The molecular weight excluding hydrogens is 440 g/mol. The first-order chi connectivity index (χ1) is 13.7. The Morgan fingerprint density at radius 2 is 1.14 bits per heavy atom. The van der Waals surface area contributed by atoms with Crippen molar-refractivity contribution in [2.75, 3.05) is 0 Å². The van der Waals surface area contributed by atoms with Crippen LogP contribution in [-0.2, 0) is 26.2 Å². The second-order valence-corrected chi connectivity index (χ2v) is 5.33. The molecule has 0 bridgehead atoms. The molecule has 0 heterocycles. The van der Waals surface area contributed by atoms with Crippen molar-refractivity contribution in [1.82, 2.24) is 0 Å². The number of hydrogen-bond acceptors (Lipinski definition) is 4. The molecule has 0 aromatic heterocycles. The zero-order valence-electron chi connectivity index (χ0n) is 15.8. The fraction of sp³-hybridized carbons (Fsp3) is 0.0833. The maximum Gasteiger partial charge on any atom is 2.00 e. The van der Waals surface area contributed by atoms with Crippen molar-refractivity contribution >= 4 is 0 Å². The number of rotatable bonds is 0. The van der Waals surface area contributed by atoms with E-state index in [-0.39, 0.29) is 37.7 Å². The second-order valence-electron chi connectivity index (χ2n) is 5.33. The number of phenols is 2. The molecule has 0 unspecified atom stereocenters. The summed E-state index contributed by atoms with van der Waals surface area (Å²) in [5.41, 5.74) is 0.963. The molecule has 142 valence electrons. The van der Waals surface area contributed by atoms with Crippen LogP contribution in [0.4, 0.5) is 0 Å². The molecule has 0 radical (unpaired) electrons. The van der Waals surface area contributed by atoms with Crippen molar-refractivity contribution in [2.24, 2.45) is 0 Å². The minimum absolute atomic E-state index is 0. The molecule has 0 fully saturated rings. The van der Waals surface area contributed by atoms with Crippen molar-refractivity contribution < 1.29 is 36.4 Å². The minimum Gasteiger partial charge on any atom is -0.508 e. The van der Waals surface area contributed by atoms with Gasteiger partial charge >= 0.3 is 26.2 Å². The maximum atomic E-state index is 8.79. The normalized spacial score (nSPS) is 11.2. The average molecular weight is 460 g/mol. The summed E-state index contributed by atoms with van der Waals surface area (Å²) in [5.74, 6) is 0.267. The van der Waals surface area contributed by atoms with Gasteiger partial charge in [0.25, 0.3) is 0 Å². The van der Waals surface area contributed by atoms with Crippen LogP contribution in [0, 0.1) is 34.8 Å². The Morgan fingerprint density at radius 1 is 0.724 bits per heavy atom. The first-order valence-corrected chi connectivity index (χ1v) is 8.47. The van der Waals surface area contributed by atoms with Gasteiger partial charge < -0.3 is 10.2 Å². The smallest absolute Gasteiger partial charge is 0.508 e. The zero-order chi connectivity index (χ0) is 20.5. The first-order valence-electron chi connectivity index (χ1n) is 8.47. The predicted molar refractivity (Wildman–Crippen MR) is 109 cm³/mol. The number of aromatic hydroxyl groups is 2. The molecule has 0 saturated carbocycles. The Morgan fingerprint density at radius 3 is 1.31 bits per heavy atom. The van der Waals surface area contributed by atoms with E-state index in [0.717, 1.165) is 12.8 Å². The molecule has 5 heteroatoms. The van der Waals surface area contributed by atoms with Crippen molar-refractivity contribution in [3.05, 3.63) is 108 Å². The first kappa shape index (κ1) is 25.9. The molecular formula is C24H20N2O2Zr. The van der Waals surface area contributed by atoms with Crippen molar-refractivity contribution in [3.63, 3.8) is 0 Å². The van der Waals surface area contributed by atoms with Gasteiger partial charge in [-0.2, -0.15) is 22.7 Å². The predicted octanol–water partition coefficient (Wildman–Crippen LogP) is 5.14. The fourth-order valence-electron chi connectivity index (χ4n) is 1.83. The van der Waals surface area contributed by atoms with E-state index < -0.39 is 0 Å². The van der Waals surface area contributed by atoms with Crippen LogP contribution in [0.25, 0.3) is 0 Å². The second kappa shape index (κ2) is 17.0. The Balaban J connectivity index is 0.000000369. The Hall–Kier alpha value is -3.14. The number of benzene rings is 2. The maximum absolute atomic E-state index is 8.79. The van der Waals surface area contributed by atoms with E-state index in [4.69, 9.17) is 20.7 Å². The summed E-state index contributed by atoms with van der Waals surface area (Å²) in [6.07, 6.45) is 20.0. The standard InChI is InChI=1S/2C7H5NO.2C5H5.Zr/c2*8-5-6-2-1-3-7(9)4-6;2*1-2-4-5-3-1;/h2*1-4,9H;2*1-3H,4H2;/q;;2*-1;+2. The summed E-state index contributed by atoms with van der Waals surface area (Å²) in [7, 11) is 0. The van der Waals surface area contributed by atoms with Gasteiger partial charge in [0.15, 0.2) is 0 Å². The van der Waals surface area contributed by atoms with E-state index in [1.165, 1.54) is 24.3 Å². The van der Waals surface area contributed by atoms with Crippen LogP contribution in [0.2, 0.25) is 0 Å². The Bertz CT molecular complexity index is 835. The average Bonchev–Trinajstić information content (AvgIpc) is 3.47.